The molecule has 0 amide bonds. The van der Waals surface area contributed by atoms with E-state index >= 15 is 0 Å². The highest BCUT2D eigenvalue weighted by Gasteiger charge is 1.97. The van der Waals surface area contributed by atoms with Crippen molar-refractivity contribution in [2.45, 2.75) is 27.2 Å². The highest BCUT2D eigenvalue weighted by Crippen LogP contribution is 2.18. The van der Waals surface area contributed by atoms with Crippen LogP contribution in [0.4, 0.5) is 0 Å². The molecule has 0 nitrogen and oxygen atoms in total. The third-order valence-electron chi connectivity index (χ3n) is 2.52. The van der Waals surface area contributed by atoms with Gasteiger partial charge in [-0.15, -0.1) is 11.6 Å². The summed E-state index contributed by atoms with van der Waals surface area (Å²) in [7, 11) is 0. The molecule has 1 rings (SSSR count). The Hall–Kier alpha value is -0.750. The molecular formula is C13H17Cl. The molecule has 76 valence electrons. The van der Waals surface area contributed by atoms with E-state index in [2.05, 4.69) is 45.0 Å². The molecule has 1 aromatic rings. The standard InChI is InChI=1S/C13H17Cl/c1-10-6-7-13(9-12(10)3)11(2)5-4-8-14/h5-7,9H,4,8H2,1-3H3/b11-5+. The second kappa shape index (κ2) is 5.21. The second-order valence-electron chi connectivity index (χ2n) is 3.66. The molecule has 0 unspecified atom stereocenters. The van der Waals surface area contributed by atoms with Crippen LogP contribution in [-0.4, -0.2) is 5.88 Å². The first-order valence-corrected chi connectivity index (χ1v) is 5.49. The number of hydrogen-bond donors (Lipinski definition) is 0. The van der Waals surface area contributed by atoms with Crippen molar-refractivity contribution in [3.05, 3.63) is 41.0 Å². The van der Waals surface area contributed by atoms with Gasteiger partial charge in [0.2, 0.25) is 0 Å². The molecule has 0 aliphatic rings. The molecule has 0 aliphatic heterocycles. The van der Waals surface area contributed by atoms with Crippen molar-refractivity contribution in [1.29, 1.82) is 0 Å². The maximum atomic E-state index is 5.64. The fraction of sp³-hybridized carbons (Fsp3) is 0.385. The predicted molar refractivity (Wildman–Crippen MR) is 64.9 cm³/mol. The molecule has 0 saturated heterocycles. The average Bonchev–Trinajstić information content (AvgIpc) is 2.18. The molecule has 0 radical (unpaired) electrons. The Morgan fingerprint density at radius 3 is 2.57 bits per heavy atom. The molecule has 0 aromatic heterocycles. The molecular weight excluding hydrogens is 192 g/mol. The van der Waals surface area contributed by atoms with Crippen molar-refractivity contribution >= 4 is 17.2 Å². The monoisotopic (exact) mass is 208 g/mol. The van der Waals surface area contributed by atoms with Gasteiger partial charge in [-0.3, -0.25) is 0 Å². The number of benzene rings is 1. The maximum Gasteiger partial charge on any atom is 0.0258 e. The van der Waals surface area contributed by atoms with Gasteiger partial charge in [-0.2, -0.15) is 0 Å². The molecule has 0 spiro atoms. The molecule has 0 atom stereocenters. The summed E-state index contributed by atoms with van der Waals surface area (Å²) in [4.78, 5) is 0. The van der Waals surface area contributed by atoms with Gasteiger partial charge in [-0.1, -0.05) is 24.3 Å². The highest BCUT2D eigenvalue weighted by molar-refractivity contribution is 6.17. The zero-order valence-electron chi connectivity index (χ0n) is 9.10. The van der Waals surface area contributed by atoms with E-state index in [0.717, 1.165) is 6.42 Å². The van der Waals surface area contributed by atoms with Crippen LogP contribution < -0.4 is 0 Å². The Bertz CT molecular complexity index is 337. The lowest BCUT2D eigenvalue weighted by atomic mass is 10.0. The summed E-state index contributed by atoms with van der Waals surface area (Å²) >= 11 is 5.64. The molecule has 0 aliphatic carbocycles. The Kier molecular flexibility index (Phi) is 4.21. The first kappa shape index (κ1) is 11.3. The van der Waals surface area contributed by atoms with Crippen molar-refractivity contribution < 1.29 is 0 Å². The second-order valence-corrected chi connectivity index (χ2v) is 4.04. The number of alkyl halides is 1. The van der Waals surface area contributed by atoms with Crippen molar-refractivity contribution in [3.8, 4) is 0 Å². The summed E-state index contributed by atoms with van der Waals surface area (Å²) in [6, 6.07) is 6.57. The van der Waals surface area contributed by atoms with Gasteiger partial charge in [0, 0.05) is 5.88 Å². The van der Waals surface area contributed by atoms with Gasteiger partial charge in [0.05, 0.1) is 0 Å². The van der Waals surface area contributed by atoms with Crippen molar-refractivity contribution in [2.75, 3.05) is 5.88 Å². The zero-order chi connectivity index (χ0) is 10.6. The zero-order valence-corrected chi connectivity index (χ0v) is 9.86. The normalized spacial score (nSPS) is 11.9. The van der Waals surface area contributed by atoms with E-state index in [1.54, 1.807) is 0 Å². The fourth-order valence-corrected chi connectivity index (χ4v) is 1.48. The van der Waals surface area contributed by atoms with Gasteiger partial charge in [0.15, 0.2) is 0 Å². The SMILES string of the molecule is C/C(=C\CCCl)c1ccc(C)c(C)c1. The molecule has 0 bridgehead atoms. The minimum atomic E-state index is 0.697. The highest BCUT2D eigenvalue weighted by atomic mass is 35.5. The van der Waals surface area contributed by atoms with Crippen LogP contribution in [0.3, 0.4) is 0 Å². The molecule has 0 heterocycles. The summed E-state index contributed by atoms with van der Waals surface area (Å²) in [6.45, 7) is 6.42. The van der Waals surface area contributed by atoms with Gasteiger partial charge < -0.3 is 0 Å². The molecule has 0 fully saturated rings. The Labute approximate surface area is 91.6 Å². The van der Waals surface area contributed by atoms with E-state index in [-0.39, 0.29) is 0 Å². The molecule has 0 saturated carbocycles. The Balaban J connectivity index is 2.91. The lowest BCUT2D eigenvalue weighted by Crippen LogP contribution is -1.85. The first-order chi connectivity index (χ1) is 6.65. The van der Waals surface area contributed by atoms with E-state index < -0.39 is 0 Å². The van der Waals surface area contributed by atoms with Gasteiger partial charge in [-0.05, 0) is 49.5 Å². The third-order valence-corrected chi connectivity index (χ3v) is 2.74. The lowest BCUT2D eigenvalue weighted by Gasteiger charge is -2.05. The third kappa shape index (κ3) is 2.88. The first-order valence-electron chi connectivity index (χ1n) is 4.95. The minimum Gasteiger partial charge on any atom is -0.126 e. The molecule has 1 heteroatoms. The topological polar surface area (TPSA) is 0 Å². The number of hydrogen-bond acceptors (Lipinski definition) is 0. The number of aryl methyl sites for hydroxylation is 2. The Morgan fingerprint density at radius 2 is 2.00 bits per heavy atom. The van der Waals surface area contributed by atoms with Crippen LogP contribution in [0.15, 0.2) is 24.3 Å². The van der Waals surface area contributed by atoms with Crippen LogP contribution in [0.25, 0.3) is 5.57 Å². The maximum absolute atomic E-state index is 5.64. The van der Waals surface area contributed by atoms with Gasteiger partial charge in [-0.25, -0.2) is 0 Å². The van der Waals surface area contributed by atoms with Crippen LogP contribution in [0, 0.1) is 13.8 Å². The summed E-state index contributed by atoms with van der Waals surface area (Å²) in [5.41, 5.74) is 5.31. The van der Waals surface area contributed by atoms with Crippen molar-refractivity contribution in [3.63, 3.8) is 0 Å². The number of rotatable bonds is 3. The van der Waals surface area contributed by atoms with E-state index in [1.807, 2.05) is 0 Å². The van der Waals surface area contributed by atoms with E-state index in [1.165, 1.54) is 22.3 Å². The lowest BCUT2D eigenvalue weighted by molar-refractivity contribution is 1.23. The molecule has 1 aromatic carbocycles. The van der Waals surface area contributed by atoms with Crippen molar-refractivity contribution in [2.24, 2.45) is 0 Å². The van der Waals surface area contributed by atoms with E-state index in [0.29, 0.717) is 5.88 Å². The summed E-state index contributed by atoms with van der Waals surface area (Å²) in [6.07, 6.45) is 3.14. The van der Waals surface area contributed by atoms with E-state index in [4.69, 9.17) is 11.6 Å². The van der Waals surface area contributed by atoms with Crippen LogP contribution in [0.5, 0.6) is 0 Å². The smallest absolute Gasteiger partial charge is 0.0258 e. The van der Waals surface area contributed by atoms with Crippen LogP contribution in [0.1, 0.15) is 30.0 Å². The molecule has 14 heavy (non-hydrogen) atoms. The summed E-state index contributed by atoms with van der Waals surface area (Å²) in [5, 5.41) is 0. The van der Waals surface area contributed by atoms with Gasteiger partial charge in [0.25, 0.3) is 0 Å². The van der Waals surface area contributed by atoms with Crippen LogP contribution in [0.2, 0.25) is 0 Å². The van der Waals surface area contributed by atoms with Crippen LogP contribution >= 0.6 is 11.6 Å². The Morgan fingerprint density at radius 1 is 1.29 bits per heavy atom. The predicted octanol–water partition coefficient (Wildman–Crippen LogP) is 4.34. The fourth-order valence-electron chi connectivity index (χ4n) is 1.38. The van der Waals surface area contributed by atoms with Crippen LogP contribution in [-0.2, 0) is 0 Å². The number of halogens is 1. The number of allylic oxidation sites excluding steroid dienone is 2. The van der Waals surface area contributed by atoms with E-state index in [9.17, 15) is 0 Å². The average molecular weight is 209 g/mol. The van der Waals surface area contributed by atoms with Gasteiger partial charge >= 0.3 is 0 Å². The minimum absolute atomic E-state index is 0.697. The van der Waals surface area contributed by atoms with Crippen molar-refractivity contribution in [1.82, 2.24) is 0 Å². The summed E-state index contributed by atoms with van der Waals surface area (Å²) < 4.78 is 0. The summed E-state index contributed by atoms with van der Waals surface area (Å²) in [5.74, 6) is 0.697. The van der Waals surface area contributed by atoms with Gasteiger partial charge in [0.1, 0.15) is 0 Å². The molecule has 0 N–H and O–H groups in total. The largest absolute Gasteiger partial charge is 0.126 e. The quantitative estimate of drug-likeness (QED) is 0.649.